The first-order chi connectivity index (χ1) is 6.61. The summed E-state index contributed by atoms with van der Waals surface area (Å²) in [6.45, 7) is 1.89. The number of aryl methyl sites for hydroxylation is 1. The van der Waals surface area contributed by atoms with E-state index in [2.05, 4.69) is 0 Å². The first kappa shape index (κ1) is 9.85. The number of nitrogens with zero attached hydrogens (tertiary/aromatic N) is 1. The molecule has 0 aliphatic heterocycles. The van der Waals surface area contributed by atoms with Gasteiger partial charge in [0.1, 0.15) is 4.70 Å². The van der Waals surface area contributed by atoms with Crippen LogP contribution in [0, 0.1) is 20.6 Å². The van der Waals surface area contributed by atoms with Crippen LogP contribution in [0.15, 0.2) is 17.5 Å². The molecule has 1 heterocycles. The summed E-state index contributed by atoms with van der Waals surface area (Å²) >= 11 is 3.45. The Morgan fingerprint density at radius 2 is 2.29 bits per heavy atom. The van der Waals surface area contributed by atoms with Gasteiger partial charge in [0.25, 0.3) is 0 Å². The molecule has 1 aromatic carbocycles. The maximum absolute atomic E-state index is 10.9. The van der Waals surface area contributed by atoms with Crippen molar-refractivity contribution in [3.8, 4) is 0 Å². The fraction of sp³-hybridized carbons (Fsp3) is 0.111. The maximum atomic E-state index is 10.9. The predicted octanol–water partition coefficient (Wildman–Crippen LogP) is 3.72. The Hall–Kier alpha value is -0.690. The number of thiophene rings is 1. The Bertz CT molecular complexity index is 521. The van der Waals surface area contributed by atoms with Crippen LogP contribution in [0.4, 0.5) is 5.69 Å². The molecule has 0 aliphatic rings. The second kappa shape index (κ2) is 3.47. The topological polar surface area (TPSA) is 43.1 Å². The van der Waals surface area contributed by atoms with Gasteiger partial charge >= 0.3 is 5.69 Å². The van der Waals surface area contributed by atoms with E-state index in [0.29, 0.717) is 0 Å². The first-order valence-corrected chi connectivity index (χ1v) is 5.88. The highest BCUT2D eigenvalue weighted by molar-refractivity contribution is 14.1. The molecule has 2 rings (SSSR count). The summed E-state index contributed by atoms with van der Waals surface area (Å²) in [5, 5.41) is 13.7. The van der Waals surface area contributed by atoms with Gasteiger partial charge in [-0.05, 0) is 58.0 Å². The van der Waals surface area contributed by atoms with Crippen LogP contribution in [0.3, 0.4) is 0 Å². The molecule has 3 nitrogen and oxygen atoms in total. The lowest BCUT2D eigenvalue weighted by molar-refractivity contribution is -0.383. The van der Waals surface area contributed by atoms with Crippen LogP contribution >= 0.6 is 33.9 Å². The molecule has 0 saturated heterocycles. The minimum absolute atomic E-state index is 0.246. The van der Waals surface area contributed by atoms with Crippen LogP contribution in [0.5, 0.6) is 0 Å². The zero-order chi connectivity index (χ0) is 10.3. The number of benzene rings is 1. The van der Waals surface area contributed by atoms with Gasteiger partial charge in [0.2, 0.25) is 0 Å². The van der Waals surface area contributed by atoms with Crippen LogP contribution in [-0.4, -0.2) is 4.92 Å². The van der Waals surface area contributed by atoms with E-state index in [-0.39, 0.29) is 10.6 Å². The van der Waals surface area contributed by atoms with E-state index < -0.39 is 0 Å². The molecule has 0 aliphatic carbocycles. The summed E-state index contributed by atoms with van der Waals surface area (Å²) < 4.78 is 1.51. The average Bonchev–Trinajstić information content (AvgIpc) is 2.52. The molecule has 0 atom stereocenters. The molecule has 14 heavy (non-hydrogen) atoms. The van der Waals surface area contributed by atoms with Crippen molar-refractivity contribution in [2.24, 2.45) is 0 Å². The van der Waals surface area contributed by atoms with Gasteiger partial charge in [-0.3, -0.25) is 10.1 Å². The SMILES string of the molecule is Cc1cc2ccsc2c([N+](=O)[O-])c1I. The zero-order valence-electron chi connectivity index (χ0n) is 7.28. The van der Waals surface area contributed by atoms with Crippen molar-refractivity contribution in [3.05, 3.63) is 36.8 Å². The lowest BCUT2D eigenvalue weighted by Gasteiger charge is -2.00. The Morgan fingerprint density at radius 3 is 2.93 bits per heavy atom. The standard InChI is InChI=1S/C9H6INO2S/c1-5-4-6-2-3-14-9(6)8(7(5)10)11(12)13/h2-4H,1H3. The van der Waals surface area contributed by atoms with E-state index in [4.69, 9.17) is 0 Å². The van der Waals surface area contributed by atoms with E-state index in [1.165, 1.54) is 11.3 Å². The van der Waals surface area contributed by atoms with Crippen molar-refractivity contribution in [1.82, 2.24) is 0 Å². The molecule has 0 fully saturated rings. The molecular formula is C9H6INO2S. The molecule has 2 aromatic rings. The van der Waals surface area contributed by atoms with Crippen LogP contribution in [0.25, 0.3) is 10.1 Å². The molecule has 0 spiro atoms. The lowest BCUT2D eigenvalue weighted by atomic mass is 10.1. The molecule has 1 aromatic heterocycles. The van der Waals surface area contributed by atoms with Crippen LogP contribution in [0.2, 0.25) is 0 Å². The molecule has 0 bridgehead atoms. The van der Waals surface area contributed by atoms with Gasteiger partial charge in [0.05, 0.1) is 8.49 Å². The molecule has 0 radical (unpaired) electrons. The van der Waals surface area contributed by atoms with E-state index in [9.17, 15) is 10.1 Å². The van der Waals surface area contributed by atoms with E-state index in [1.807, 2.05) is 47.0 Å². The third kappa shape index (κ3) is 1.40. The van der Waals surface area contributed by atoms with Gasteiger partial charge in [-0.15, -0.1) is 11.3 Å². The Kier molecular flexibility index (Phi) is 2.44. The number of hydrogen-bond donors (Lipinski definition) is 0. The highest BCUT2D eigenvalue weighted by atomic mass is 127. The summed E-state index contributed by atoms with van der Waals surface area (Å²) in [5.74, 6) is 0. The molecule has 0 saturated carbocycles. The van der Waals surface area contributed by atoms with Gasteiger partial charge in [-0.1, -0.05) is 0 Å². The molecule has 0 unspecified atom stereocenters. The number of nitro groups is 1. The van der Waals surface area contributed by atoms with Gasteiger partial charge in [-0.25, -0.2) is 0 Å². The number of halogens is 1. The maximum Gasteiger partial charge on any atom is 0.300 e. The van der Waals surface area contributed by atoms with Gasteiger partial charge in [0, 0.05) is 0 Å². The third-order valence-electron chi connectivity index (χ3n) is 2.02. The van der Waals surface area contributed by atoms with Crippen molar-refractivity contribution in [2.75, 3.05) is 0 Å². The molecule has 72 valence electrons. The van der Waals surface area contributed by atoms with Crippen molar-refractivity contribution < 1.29 is 4.92 Å². The van der Waals surface area contributed by atoms with Crippen LogP contribution in [-0.2, 0) is 0 Å². The normalized spacial score (nSPS) is 10.7. The quantitative estimate of drug-likeness (QED) is 0.457. The molecular weight excluding hydrogens is 313 g/mol. The second-order valence-corrected chi connectivity index (χ2v) is 4.95. The largest absolute Gasteiger partial charge is 0.300 e. The highest BCUT2D eigenvalue weighted by Gasteiger charge is 2.19. The second-order valence-electron chi connectivity index (χ2n) is 2.95. The fourth-order valence-electron chi connectivity index (χ4n) is 1.37. The minimum Gasteiger partial charge on any atom is -0.258 e. The minimum atomic E-state index is -0.298. The van der Waals surface area contributed by atoms with Crippen molar-refractivity contribution in [2.45, 2.75) is 6.92 Å². The van der Waals surface area contributed by atoms with Crippen molar-refractivity contribution >= 4 is 49.7 Å². The summed E-state index contributed by atoms with van der Waals surface area (Å²) in [5.41, 5.74) is 1.21. The molecule has 0 amide bonds. The predicted molar refractivity (Wildman–Crippen MR) is 65.9 cm³/mol. The third-order valence-corrected chi connectivity index (χ3v) is 4.32. The highest BCUT2D eigenvalue weighted by Crippen LogP contribution is 2.36. The van der Waals surface area contributed by atoms with Gasteiger partial charge in [0.15, 0.2) is 0 Å². The van der Waals surface area contributed by atoms with Crippen molar-refractivity contribution in [3.63, 3.8) is 0 Å². The zero-order valence-corrected chi connectivity index (χ0v) is 10.3. The van der Waals surface area contributed by atoms with E-state index in [1.54, 1.807) is 0 Å². The Balaban J connectivity index is 2.93. The van der Waals surface area contributed by atoms with Crippen LogP contribution < -0.4 is 0 Å². The average molecular weight is 319 g/mol. The monoisotopic (exact) mass is 319 g/mol. The Morgan fingerprint density at radius 1 is 1.57 bits per heavy atom. The molecule has 0 N–H and O–H groups in total. The van der Waals surface area contributed by atoms with E-state index in [0.717, 1.165) is 19.2 Å². The number of nitro benzene ring substituents is 1. The van der Waals surface area contributed by atoms with Gasteiger partial charge in [-0.2, -0.15) is 0 Å². The summed E-state index contributed by atoms with van der Waals surface area (Å²) in [6, 6.07) is 3.90. The number of hydrogen-bond acceptors (Lipinski definition) is 3. The molecule has 5 heteroatoms. The fourth-order valence-corrected chi connectivity index (χ4v) is 3.08. The smallest absolute Gasteiger partial charge is 0.258 e. The summed E-state index contributed by atoms with van der Waals surface area (Å²) in [4.78, 5) is 10.6. The van der Waals surface area contributed by atoms with E-state index >= 15 is 0 Å². The van der Waals surface area contributed by atoms with Crippen molar-refractivity contribution in [1.29, 1.82) is 0 Å². The van der Waals surface area contributed by atoms with Crippen LogP contribution in [0.1, 0.15) is 5.56 Å². The summed E-state index contributed by atoms with van der Waals surface area (Å²) in [7, 11) is 0. The summed E-state index contributed by atoms with van der Waals surface area (Å²) in [6.07, 6.45) is 0. The number of fused-ring (bicyclic) bond motifs is 1. The van der Waals surface area contributed by atoms with Gasteiger partial charge < -0.3 is 0 Å². The lowest BCUT2D eigenvalue weighted by Crippen LogP contribution is -1.93. The number of rotatable bonds is 1. The Labute approximate surface area is 98.0 Å². The first-order valence-electron chi connectivity index (χ1n) is 3.92.